The number of hydrogen-bond donors (Lipinski definition) is 0. The van der Waals surface area contributed by atoms with E-state index in [1.165, 1.54) is 19.9 Å². The zero-order valence-corrected chi connectivity index (χ0v) is 20.9. The van der Waals surface area contributed by atoms with Crippen molar-refractivity contribution in [3.8, 4) is 11.5 Å². The minimum absolute atomic E-state index is 0.149. The van der Waals surface area contributed by atoms with Gasteiger partial charge < -0.3 is 28.4 Å². The minimum Gasteiger partial charge on any atom is -0.422 e. The second-order valence-corrected chi connectivity index (χ2v) is 9.21. The lowest BCUT2D eigenvalue weighted by atomic mass is 10.1. The van der Waals surface area contributed by atoms with Gasteiger partial charge in [-0.15, -0.1) is 0 Å². The average molecular weight is 496 g/mol. The zero-order valence-electron chi connectivity index (χ0n) is 20.9. The van der Waals surface area contributed by atoms with E-state index in [0.29, 0.717) is 31.6 Å². The second kappa shape index (κ2) is 10.9. The predicted octanol–water partition coefficient (Wildman–Crippen LogP) is 4.55. The molecule has 2 saturated heterocycles. The van der Waals surface area contributed by atoms with Crippen molar-refractivity contribution in [3.63, 3.8) is 0 Å². The predicted molar refractivity (Wildman–Crippen MR) is 131 cm³/mol. The first-order chi connectivity index (χ1) is 17.1. The van der Waals surface area contributed by atoms with Gasteiger partial charge in [-0.3, -0.25) is 0 Å². The van der Waals surface area contributed by atoms with Gasteiger partial charge in [0.1, 0.15) is 11.5 Å². The maximum absolute atomic E-state index is 13.0. The van der Waals surface area contributed by atoms with E-state index in [0.717, 1.165) is 5.56 Å². The first kappa shape index (κ1) is 26.0. The molecule has 2 unspecified atom stereocenters. The highest BCUT2D eigenvalue weighted by Gasteiger charge is 2.43. The van der Waals surface area contributed by atoms with Crippen LogP contribution in [0.2, 0.25) is 0 Å². The van der Waals surface area contributed by atoms with E-state index in [9.17, 15) is 9.59 Å². The number of benzene rings is 2. The Morgan fingerprint density at radius 2 is 1.31 bits per heavy atom. The fourth-order valence-electron chi connectivity index (χ4n) is 3.92. The molecule has 2 aromatic carbocycles. The third-order valence-corrected chi connectivity index (χ3v) is 5.93. The van der Waals surface area contributed by atoms with Gasteiger partial charge in [-0.2, -0.15) is 0 Å². The summed E-state index contributed by atoms with van der Waals surface area (Å²) in [5.41, 5.74) is 1.59. The van der Waals surface area contributed by atoms with Crippen LogP contribution in [0.15, 0.2) is 42.5 Å². The van der Waals surface area contributed by atoms with Gasteiger partial charge in [-0.05, 0) is 56.0 Å². The van der Waals surface area contributed by atoms with Gasteiger partial charge in [-0.1, -0.05) is 36.4 Å². The molecule has 0 N–H and O–H groups in total. The molecule has 4 rings (SSSR count). The monoisotopic (exact) mass is 495 g/mol. The summed E-state index contributed by atoms with van der Waals surface area (Å²) in [4.78, 5) is 25.9. The largest absolute Gasteiger partial charge is 0.422 e. The van der Waals surface area contributed by atoms with E-state index in [1.807, 2.05) is 50.3 Å². The van der Waals surface area contributed by atoms with Gasteiger partial charge in [-0.25, -0.2) is 9.59 Å². The van der Waals surface area contributed by atoms with E-state index in [4.69, 9.17) is 28.4 Å². The van der Waals surface area contributed by atoms with Gasteiger partial charge in [0.05, 0.1) is 25.4 Å². The topological polar surface area (TPSA) is 89.5 Å². The highest BCUT2D eigenvalue weighted by atomic mass is 16.7. The summed E-state index contributed by atoms with van der Waals surface area (Å²) in [6.45, 7) is 7.56. The van der Waals surface area contributed by atoms with Gasteiger partial charge in [0.15, 0.2) is 0 Å². The van der Waals surface area contributed by atoms with Crippen LogP contribution in [0.1, 0.15) is 51.7 Å². The van der Waals surface area contributed by atoms with Crippen molar-refractivity contribution in [2.24, 2.45) is 0 Å². The third kappa shape index (κ3) is 6.39. The summed E-state index contributed by atoms with van der Waals surface area (Å²) in [6.07, 6.45) is 4.77. The quantitative estimate of drug-likeness (QED) is 0.328. The lowest BCUT2D eigenvalue weighted by Gasteiger charge is -2.35. The molecule has 8 heteroatoms. The van der Waals surface area contributed by atoms with Crippen molar-refractivity contribution >= 4 is 24.1 Å². The molecule has 8 nitrogen and oxygen atoms in total. The lowest BCUT2D eigenvalue weighted by molar-refractivity contribution is -0.274. The smallest absolute Gasteiger partial charge is 0.371 e. The van der Waals surface area contributed by atoms with Crippen molar-refractivity contribution in [1.29, 1.82) is 0 Å². The number of carbonyl (C=O) groups excluding carboxylic acids is 2. The Kier molecular flexibility index (Phi) is 7.90. The molecular weight excluding hydrogens is 464 g/mol. The van der Waals surface area contributed by atoms with Crippen LogP contribution >= 0.6 is 0 Å². The maximum Gasteiger partial charge on any atom is 0.371 e. The average Bonchev–Trinajstić information content (AvgIpc) is 2.83. The third-order valence-electron chi connectivity index (χ3n) is 5.93. The molecule has 2 aliphatic heterocycles. The second-order valence-electron chi connectivity index (χ2n) is 9.21. The summed E-state index contributed by atoms with van der Waals surface area (Å²) in [5, 5.41) is 0. The maximum atomic E-state index is 13.0. The molecule has 36 heavy (non-hydrogen) atoms. The Hall–Kier alpha value is -3.04. The molecule has 191 valence electrons. The van der Waals surface area contributed by atoms with Crippen molar-refractivity contribution in [2.75, 3.05) is 13.2 Å². The summed E-state index contributed by atoms with van der Waals surface area (Å²) in [5.74, 6) is -4.14. The van der Waals surface area contributed by atoms with Gasteiger partial charge in [0.25, 0.3) is 11.6 Å². The Labute approximate surface area is 211 Å². The van der Waals surface area contributed by atoms with Crippen LogP contribution in [0.25, 0.3) is 12.2 Å². The zero-order chi connectivity index (χ0) is 25.8. The molecule has 2 heterocycles. The highest BCUT2D eigenvalue weighted by Crippen LogP contribution is 2.31. The van der Waals surface area contributed by atoms with E-state index in [1.54, 1.807) is 12.1 Å². The summed E-state index contributed by atoms with van der Waals surface area (Å²) in [7, 11) is 0. The molecule has 4 atom stereocenters. The van der Waals surface area contributed by atoms with Crippen LogP contribution in [0.5, 0.6) is 11.5 Å². The molecule has 0 spiro atoms. The van der Waals surface area contributed by atoms with Crippen LogP contribution in [-0.4, -0.2) is 48.9 Å². The van der Waals surface area contributed by atoms with E-state index < -0.39 is 23.5 Å². The Bertz CT molecular complexity index is 1050. The van der Waals surface area contributed by atoms with Crippen molar-refractivity contribution < 1.29 is 38.0 Å². The molecule has 2 aromatic rings. The number of ether oxygens (including phenoxy) is 6. The van der Waals surface area contributed by atoms with Gasteiger partial charge in [0.2, 0.25) is 0 Å². The fourth-order valence-corrected chi connectivity index (χ4v) is 3.92. The molecule has 2 fully saturated rings. The lowest BCUT2D eigenvalue weighted by Crippen LogP contribution is -2.50. The molecule has 0 saturated carbocycles. The van der Waals surface area contributed by atoms with Gasteiger partial charge in [0, 0.05) is 19.9 Å². The first-order valence-corrected chi connectivity index (χ1v) is 12.0. The number of rotatable bonds is 6. The molecule has 0 amide bonds. The Balaban J connectivity index is 1.59. The summed E-state index contributed by atoms with van der Waals surface area (Å²) < 4.78 is 33.8. The van der Waals surface area contributed by atoms with E-state index in [-0.39, 0.29) is 23.7 Å². The van der Waals surface area contributed by atoms with Crippen LogP contribution in [-0.2, 0) is 28.5 Å². The van der Waals surface area contributed by atoms with Crippen molar-refractivity contribution in [2.45, 2.75) is 64.3 Å². The fraction of sp³-hybridized carbons (Fsp3) is 0.429. The van der Waals surface area contributed by atoms with Crippen LogP contribution < -0.4 is 9.47 Å². The van der Waals surface area contributed by atoms with Crippen molar-refractivity contribution in [3.05, 3.63) is 59.7 Å². The van der Waals surface area contributed by atoms with Crippen LogP contribution in [0.3, 0.4) is 0 Å². The Morgan fingerprint density at radius 1 is 0.833 bits per heavy atom. The summed E-state index contributed by atoms with van der Waals surface area (Å²) in [6, 6.07) is 15.2. The molecule has 2 aliphatic rings. The number of hydrogen-bond acceptors (Lipinski definition) is 8. The van der Waals surface area contributed by atoms with E-state index in [2.05, 4.69) is 6.07 Å². The summed E-state index contributed by atoms with van der Waals surface area (Å²) >= 11 is 0. The van der Waals surface area contributed by atoms with Gasteiger partial charge >= 0.3 is 11.9 Å². The molecular formula is C28H31O8. The highest BCUT2D eigenvalue weighted by molar-refractivity contribution is 5.82. The normalized spacial score (nSPS) is 28.6. The molecule has 0 aromatic heterocycles. The van der Waals surface area contributed by atoms with Crippen molar-refractivity contribution in [1.82, 2.24) is 0 Å². The number of esters is 2. The minimum atomic E-state index is -1.53. The van der Waals surface area contributed by atoms with E-state index >= 15 is 0 Å². The molecule has 0 bridgehead atoms. The number of carbonyl (C=O) groups is 2. The first-order valence-electron chi connectivity index (χ1n) is 12.0. The van der Waals surface area contributed by atoms with Crippen LogP contribution in [0.4, 0.5) is 0 Å². The van der Waals surface area contributed by atoms with Crippen LogP contribution in [0, 0.1) is 6.07 Å². The molecule has 1 radical (unpaired) electrons. The molecule has 0 aliphatic carbocycles. The Morgan fingerprint density at radius 3 is 1.78 bits per heavy atom. The standard InChI is InChI=1S/C28H31O8/c1-19-12-14-31-27(3,35-19)25(29)33-23-16-22(11-10-21-8-6-5-7-9-21)17-24(18-23)34-26(30)28(4)32-15-13-20(2)36-28/h6-11,16-20H,12-15H2,1-4H3/b11-10+/t19-,20-,27?,28?/m1/s1. The SMILES string of the molecule is C[C@@H]1CCOC(C)(C(=O)Oc2cc(/C=C/c3cc[c]cc3)cc(OC(=O)C3(C)OCC[C@@H](C)O3)c2)O1.